The van der Waals surface area contributed by atoms with E-state index < -0.39 is 11.1 Å². The van der Waals surface area contributed by atoms with Gasteiger partial charge in [0.1, 0.15) is 0 Å². The predicted octanol–water partition coefficient (Wildman–Crippen LogP) is -0.364. The van der Waals surface area contributed by atoms with Crippen molar-refractivity contribution in [3.63, 3.8) is 0 Å². The van der Waals surface area contributed by atoms with Crippen LogP contribution in [0.1, 0.15) is 6.42 Å². The lowest BCUT2D eigenvalue weighted by molar-refractivity contribution is 0.535. The second-order valence-corrected chi connectivity index (χ2v) is 2.17. The van der Waals surface area contributed by atoms with Gasteiger partial charge in [-0.1, -0.05) is 11.1 Å². The summed E-state index contributed by atoms with van der Waals surface area (Å²) < 4.78 is 19.4. The van der Waals surface area contributed by atoms with Crippen molar-refractivity contribution in [3.8, 4) is 0 Å². The van der Waals surface area contributed by atoms with Crippen molar-refractivity contribution in [2.75, 3.05) is 12.3 Å². The monoisotopic (exact) mass is 158 g/mol. The lowest BCUT2D eigenvalue weighted by Crippen LogP contribution is -2.04. The molecular weight excluding hydrogens is 150 g/mol. The molecule has 3 nitrogen and oxygen atoms in total. The molecule has 0 aromatic carbocycles. The first-order chi connectivity index (χ1) is 3.27. The van der Waals surface area contributed by atoms with Gasteiger partial charge in [0.05, 0.1) is 0 Å². The Morgan fingerprint density at radius 1 is 1.62 bits per heavy atom. The van der Waals surface area contributed by atoms with Gasteiger partial charge in [-0.05, 0) is 13.0 Å². The Morgan fingerprint density at radius 2 is 2.12 bits per heavy atom. The predicted molar refractivity (Wildman–Crippen MR) is 34.7 cm³/mol. The maximum atomic E-state index is 9.70. The molecule has 0 aromatic rings. The fourth-order valence-corrected chi connectivity index (χ4v) is 0.604. The highest BCUT2D eigenvalue weighted by atomic mass is 35.5. The first kappa shape index (κ1) is 11.2. The molecule has 0 rings (SSSR count). The number of hydrogen-bond acceptors (Lipinski definition) is 3. The second kappa shape index (κ2) is 7.36. The smallest absolute Gasteiger partial charge is 0.0114 e. The molecule has 8 heavy (non-hydrogen) atoms. The standard InChI is InChI=1S/C3H9NO2S.ClH/c4-2-1-3-7(5)6;/h1-4H2,(H,5,6);1H/p-1. The van der Waals surface area contributed by atoms with Crippen molar-refractivity contribution in [2.24, 2.45) is 5.73 Å². The third-order valence-electron chi connectivity index (χ3n) is 0.515. The van der Waals surface area contributed by atoms with Crippen LogP contribution in [0.15, 0.2) is 0 Å². The SMILES string of the molecule is Cl.NCCCS(=O)[O-]. The van der Waals surface area contributed by atoms with Crippen LogP contribution < -0.4 is 5.73 Å². The molecule has 0 aliphatic heterocycles. The molecule has 0 saturated carbocycles. The Labute approximate surface area is 57.3 Å². The summed E-state index contributed by atoms with van der Waals surface area (Å²) in [5.41, 5.74) is 5.00. The first-order valence-corrected chi connectivity index (χ1v) is 3.27. The average Bonchev–Trinajstić information content (AvgIpc) is 1.61. The highest BCUT2D eigenvalue weighted by Crippen LogP contribution is 1.76. The van der Waals surface area contributed by atoms with E-state index in [9.17, 15) is 8.76 Å². The van der Waals surface area contributed by atoms with Crippen LogP contribution in [0.2, 0.25) is 0 Å². The van der Waals surface area contributed by atoms with Gasteiger partial charge >= 0.3 is 0 Å². The maximum absolute atomic E-state index is 9.70. The zero-order valence-electron chi connectivity index (χ0n) is 4.33. The summed E-state index contributed by atoms with van der Waals surface area (Å²) >= 11 is -1.90. The third kappa shape index (κ3) is 9.61. The molecule has 0 aromatic heterocycles. The average molecular weight is 159 g/mol. The van der Waals surface area contributed by atoms with Crippen molar-refractivity contribution in [1.29, 1.82) is 0 Å². The highest BCUT2D eigenvalue weighted by Gasteiger charge is 1.79. The molecule has 0 aliphatic carbocycles. The number of nitrogens with two attached hydrogens (primary N) is 1. The van der Waals surface area contributed by atoms with Crippen molar-refractivity contribution in [2.45, 2.75) is 6.42 Å². The molecule has 0 heterocycles. The molecule has 1 unspecified atom stereocenters. The van der Waals surface area contributed by atoms with Crippen LogP contribution in [0, 0.1) is 0 Å². The highest BCUT2D eigenvalue weighted by molar-refractivity contribution is 7.79. The van der Waals surface area contributed by atoms with E-state index in [1.165, 1.54) is 0 Å². The van der Waals surface area contributed by atoms with Gasteiger partial charge in [0.15, 0.2) is 0 Å². The van der Waals surface area contributed by atoms with E-state index in [1.807, 2.05) is 0 Å². The number of hydrogen-bond donors (Lipinski definition) is 1. The normalized spacial score (nSPS) is 12.2. The zero-order valence-corrected chi connectivity index (χ0v) is 5.96. The molecule has 0 aliphatic rings. The maximum Gasteiger partial charge on any atom is 0.0114 e. The molecule has 1 atom stereocenters. The van der Waals surface area contributed by atoms with Crippen LogP contribution in [0.5, 0.6) is 0 Å². The summed E-state index contributed by atoms with van der Waals surface area (Å²) in [5.74, 6) is 0.191. The van der Waals surface area contributed by atoms with Crippen LogP contribution in [-0.2, 0) is 11.1 Å². The van der Waals surface area contributed by atoms with E-state index >= 15 is 0 Å². The Balaban J connectivity index is 0. The van der Waals surface area contributed by atoms with Crippen molar-refractivity contribution >= 4 is 23.5 Å². The van der Waals surface area contributed by atoms with Crippen LogP contribution in [0.3, 0.4) is 0 Å². The van der Waals surface area contributed by atoms with Gasteiger partial charge in [0, 0.05) is 5.75 Å². The molecule has 52 valence electrons. The lowest BCUT2D eigenvalue weighted by atomic mass is 10.5. The van der Waals surface area contributed by atoms with E-state index in [0.717, 1.165) is 0 Å². The molecule has 5 heteroatoms. The van der Waals surface area contributed by atoms with Gasteiger partial charge < -0.3 is 10.3 Å². The zero-order chi connectivity index (χ0) is 5.70. The molecule has 0 fully saturated rings. The molecule has 0 amide bonds. The molecular formula is C3H9ClNO2S-. The van der Waals surface area contributed by atoms with Gasteiger partial charge in [-0.25, -0.2) is 0 Å². The molecule has 0 saturated heterocycles. The van der Waals surface area contributed by atoms with E-state index in [1.54, 1.807) is 0 Å². The lowest BCUT2D eigenvalue weighted by Gasteiger charge is -1.99. The summed E-state index contributed by atoms with van der Waals surface area (Å²) in [7, 11) is 0. The summed E-state index contributed by atoms with van der Waals surface area (Å²) in [6, 6.07) is 0. The van der Waals surface area contributed by atoms with Gasteiger partial charge in [-0.15, -0.1) is 12.4 Å². The summed E-state index contributed by atoms with van der Waals surface area (Å²) in [5, 5.41) is 0. The Morgan fingerprint density at radius 3 is 2.25 bits per heavy atom. The first-order valence-electron chi connectivity index (χ1n) is 2.03. The van der Waals surface area contributed by atoms with E-state index in [0.29, 0.717) is 13.0 Å². The third-order valence-corrected chi connectivity index (χ3v) is 1.14. The minimum absolute atomic E-state index is 0. The molecule has 0 spiro atoms. The molecule has 0 radical (unpaired) electrons. The Hall–Kier alpha value is 0.360. The fraction of sp³-hybridized carbons (Fsp3) is 1.00. The minimum Gasteiger partial charge on any atom is -0.772 e. The summed E-state index contributed by atoms with van der Waals surface area (Å²) in [4.78, 5) is 0. The van der Waals surface area contributed by atoms with Crippen molar-refractivity contribution in [1.82, 2.24) is 0 Å². The number of rotatable bonds is 3. The summed E-state index contributed by atoms with van der Waals surface area (Å²) in [6.07, 6.45) is 0.566. The topological polar surface area (TPSA) is 66.2 Å². The molecule has 0 bridgehead atoms. The van der Waals surface area contributed by atoms with Gasteiger partial charge in [-0.3, -0.25) is 4.21 Å². The van der Waals surface area contributed by atoms with Gasteiger partial charge in [0.25, 0.3) is 0 Å². The Bertz CT molecular complexity index is 70.3. The van der Waals surface area contributed by atoms with Crippen LogP contribution in [0.25, 0.3) is 0 Å². The fourth-order valence-electron chi connectivity index (χ4n) is 0.201. The quantitative estimate of drug-likeness (QED) is 0.571. The van der Waals surface area contributed by atoms with E-state index in [2.05, 4.69) is 0 Å². The largest absolute Gasteiger partial charge is 0.772 e. The van der Waals surface area contributed by atoms with E-state index in [-0.39, 0.29) is 18.2 Å². The summed E-state index contributed by atoms with van der Waals surface area (Å²) in [6.45, 7) is 0.452. The van der Waals surface area contributed by atoms with Crippen molar-refractivity contribution < 1.29 is 8.76 Å². The number of halogens is 1. The van der Waals surface area contributed by atoms with E-state index in [4.69, 9.17) is 5.73 Å². The van der Waals surface area contributed by atoms with Gasteiger partial charge in [-0.2, -0.15) is 0 Å². The second-order valence-electron chi connectivity index (χ2n) is 1.15. The Kier molecular flexibility index (Phi) is 10.3. The van der Waals surface area contributed by atoms with Crippen LogP contribution >= 0.6 is 12.4 Å². The van der Waals surface area contributed by atoms with Crippen LogP contribution in [-0.4, -0.2) is 21.1 Å². The molecule has 2 N–H and O–H groups in total. The minimum atomic E-state index is -1.90. The van der Waals surface area contributed by atoms with Gasteiger partial charge in [0.2, 0.25) is 0 Å². The van der Waals surface area contributed by atoms with Crippen LogP contribution in [0.4, 0.5) is 0 Å². The van der Waals surface area contributed by atoms with Crippen molar-refractivity contribution in [3.05, 3.63) is 0 Å².